The first-order chi connectivity index (χ1) is 16.3. The summed E-state index contributed by atoms with van der Waals surface area (Å²) in [4.78, 5) is 15.0. The van der Waals surface area contributed by atoms with E-state index in [-0.39, 0.29) is 40.4 Å². The van der Waals surface area contributed by atoms with Crippen LogP contribution in [0.3, 0.4) is 0 Å². The molecule has 4 rings (SSSR count). The normalized spacial score (nSPS) is 21.9. The molecule has 1 atom stereocenters. The van der Waals surface area contributed by atoms with Crippen molar-refractivity contribution in [3.63, 3.8) is 0 Å². The second-order valence-electron chi connectivity index (χ2n) is 8.82. The molecule has 0 radical (unpaired) electrons. The van der Waals surface area contributed by atoms with Crippen molar-refractivity contribution in [2.75, 3.05) is 46.0 Å². The zero-order chi connectivity index (χ0) is 24.2. The van der Waals surface area contributed by atoms with Crippen LogP contribution in [-0.2, 0) is 19.6 Å². The highest BCUT2D eigenvalue weighted by atomic mass is 35.5. The van der Waals surface area contributed by atoms with Crippen LogP contribution in [0.2, 0.25) is 10.0 Å². The number of para-hydroxylation sites is 1. The minimum Gasteiger partial charge on any atom is -0.493 e. The standard InChI is InChI=1S/C24H28Cl2N2O5S/c25-19-13-20(26)15-22(14-19)34(30,31)28-8-4-7-24(17-28,18-33-21-5-2-1-3-6-21)16-23(29)27-9-11-32-12-10-27/h1-3,5-6,13-15H,4,7-12,16-18H2/t24-/m0/s1. The van der Waals surface area contributed by atoms with Crippen LogP contribution in [0, 0.1) is 5.41 Å². The van der Waals surface area contributed by atoms with Gasteiger partial charge in [-0.05, 0) is 43.2 Å². The van der Waals surface area contributed by atoms with Gasteiger partial charge in [0.2, 0.25) is 15.9 Å². The minimum atomic E-state index is -3.86. The van der Waals surface area contributed by atoms with Crippen molar-refractivity contribution in [3.05, 3.63) is 58.6 Å². The molecule has 2 aliphatic heterocycles. The van der Waals surface area contributed by atoms with E-state index < -0.39 is 15.4 Å². The molecule has 0 saturated carbocycles. The Hall–Kier alpha value is -1.84. The lowest BCUT2D eigenvalue weighted by Gasteiger charge is -2.42. The van der Waals surface area contributed by atoms with Gasteiger partial charge in [0.25, 0.3) is 0 Å². The van der Waals surface area contributed by atoms with Crippen molar-refractivity contribution in [1.29, 1.82) is 0 Å². The molecular weight excluding hydrogens is 499 g/mol. The topological polar surface area (TPSA) is 76.2 Å². The predicted molar refractivity (Wildman–Crippen MR) is 131 cm³/mol. The number of sulfonamides is 1. The molecule has 2 saturated heterocycles. The fourth-order valence-electron chi connectivity index (χ4n) is 4.51. The van der Waals surface area contributed by atoms with Gasteiger partial charge in [-0.25, -0.2) is 8.42 Å². The molecule has 2 aromatic carbocycles. The first-order valence-corrected chi connectivity index (χ1v) is 13.5. The quantitative estimate of drug-likeness (QED) is 0.542. The fourth-order valence-corrected chi connectivity index (χ4v) is 6.82. The molecule has 0 bridgehead atoms. The summed E-state index contributed by atoms with van der Waals surface area (Å²) >= 11 is 12.2. The molecule has 2 aromatic rings. The van der Waals surface area contributed by atoms with Gasteiger partial charge in [0.15, 0.2) is 0 Å². The second kappa shape index (κ2) is 10.8. The number of benzene rings is 2. The van der Waals surface area contributed by atoms with E-state index in [0.29, 0.717) is 51.4 Å². The number of carbonyl (C=O) groups is 1. The van der Waals surface area contributed by atoms with E-state index in [1.165, 1.54) is 22.5 Å². The molecule has 2 fully saturated rings. The van der Waals surface area contributed by atoms with E-state index in [9.17, 15) is 13.2 Å². The molecule has 0 aromatic heterocycles. The molecule has 10 heteroatoms. The number of nitrogens with zero attached hydrogens (tertiary/aromatic N) is 2. The maximum atomic E-state index is 13.5. The van der Waals surface area contributed by atoms with E-state index in [4.69, 9.17) is 32.7 Å². The number of hydrogen-bond acceptors (Lipinski definition) is 5. The molecule has 1 amide bonds. The van der Waals surface area contributed by atoms with E-state index in [1.54, 1.807) is 4.90 Å². The molecule has 2 aliphatic rings. The number of amides is 1. The Balaban J connectivity index is 1.59. The lowest BCUT2D eigenvalue weighted by atomic mass is 9.78. The first kappa shape index (κ1) is 25.3. The van der Waals surface area contributed by atoms with Gasteiger partial charge in [0.05, 0.1) is 24.7 Å². The van der Waals surface area contributed by atoms with Crippen molar-refractivity contribution in [1.82, 2.24) is 9.21 Å². The molecule has 2 heterocycles. The minimum absolute atomic E-state index is 0.00925. The molecule has 34 heavy (non-hydrogen) atoms. The van der Waals surface area contributed by atoms with Crippen molar-refractivity contribution >= 4 is 39.1 Å². The summed E-state index contributed by atoms with van der Waals surface area (Å²) in [5.41, 5.74) is -0.668. The molecule has 0 N–H and O–H groups in total. The van der Waals surface area contributed by atoms with Crippen molar-refractivity contribution in [2.24, 2.45) is 5.41 Å². The zero-order valence-electron chi connectivity index (χ0n) is 18.8. The third kappa shape index (κ3) is 6.04. The zero-order valence-corrected chi connectivity index (χ0v) is 21.1. The van der Waals surface area contributed by atoms with Gasteiger partial charge >= 0.3 is 0 Å². The van der Waals surface area contributed by atoms with Gasteiger partial charge in [0, 0.05) is 48.1 Å². The van der Waals surface area contributed by atoms with Crippen molar-refractivity contribution in [3.8, 4) is 5.75 Å². The highest BCUT2D eigenvalue weighted by Gasteiger charge is 2.43. The van der Waals surface area contributed by atoms with Gasteiger partial charge in [-0.1, -0.05) is 41.4 Å². The number of hydrogen-bond donors (Lipinski definition) is 0. The number of piperidine rings is 1. The number of carbonyl (C=O) groups excluding carboxylic acids is 1. The summed E-state index contributed by atoms with van der Waals surface area (Å²) in [7, 11) is -3.86. The first-order valence-electron chi connectivity index (χ1n) is 11.3. The monoisotopic (exact) mass is 526 g/mol. The van der Waals surface area contributed by atoms with Crippen LogP contribution in [0.5, 0.6) is 5.75 Å². The summed E-state index contributed by atoms with van der Waals surface area (Å²) in [6.07, 6.45) is 1.49. The van der Waals surface area contributed by atoms with Crippen LogP contribution in [0.4, 0.5) is 0 Å². The Bertz CT molecular complexity index is 1090. The molecule has 0 unspecified atom stereocenters. The molecule has 7 nitrogen and oxygen atoms in total. The predicted octanol–water partition coefficient (Wildman–Crippen LogP) is 4.09. The maximum absolute atomic E-state index is 13.5. The summed E-state index contributed by atoms with van der Waals surface area (Å²) in [5.74, 6) is 0.673. The van der Waals surface area contributed by atoms with E-state index in [1.807, 2.05) is 30.3 Å². The highest BCUT2D eigenvalue weighted by Crippen LogP contribution is 2.38. The second-order valence-corrected chi connectivity index (χ2v) is 11.6. The highest BCUT2D eigenvalue weighted by molar-refractivity contribution is 7.89. The SMILES string of the molecule is O=C(C[C@@]1(COc2ccccc2)CCCN(S(=O)(=O)c2cc(Cl)cc(Cl)c2)C1)N1CCOCC1. The number of ether oxygens (including phenoxy) is 2. The Kier molecular flexibility index (Phi) is 8.05. The van der Waals surface area contributed by atoms with Crippen LogP contribution in [0.15, 0.2) is 53.4 Å². The Labute approximate surface area is 210 Å². The van der Waals surface area contributed by atoms with Crippen molar-refractivity contribution < 1.29 is 22.7 Å². The van der Waals surface area contributed by atoms with E-state index >= 15 is 0 Å². The van der Waals surface area contributed by atoms with E-state index in [0.717, 1.165) is 0 Å². The number of halogens is 2. The lowest BCUT2D eigenvalue weighted by molar-refractivity contribution is -0.139. The van der Waals surface area contributed by atoms with Crippen LogP contribution >= 0.6 is 23.2 Å². The van der Waals surface area contributed by atoms with E-state index in [2.05, 4.69) is 0 Å². The summed E-state index contributed by atoms with van der Waals surface area (Å²) < 4.78 is 39.9. The van der Waals surface area contributed by atoms with Gasteiger partial charge in [-0.2, -0.15) is 4.31 Å². The largest absolute Gasteiger partial charge is 0.493 e. The van der Waals surface area contributed by atoms with Crippen LogP contribution < -0.4 is 4.74 Å². The third-order valence-electron chi connectivity index (χ3n) is 6.28. The maximum Gasteiger partial charge on any atom is 0.243 e. The van der Waals surface area contributed by atoms with Crippen LogP contribution in [0.25, 0.3) is 0 Å². The van der Waals surface area contributed by atoms with Crippen molar-refractivity contribution in [2.45, 2.75) is 24.2 Å². The fraction of sp³-hybridized carbons (Fsp3) is 0.458. The molecule has 0 spiro atoms. The average Bonchev–Trinajstić information content (AvgIpc) is 2.83. The van der Waals surface area contributed by atoms with Gasteiger partial charge in [-0.15, -0.1) is 0 Å². The van der Waals surface area contributed by atoms with Gasteiger partial charge in [-0.3, -0.25) is 4.79 Å². The Morgan fingerprint density at radius 3 is 2.38 bits per heavy atom. The van der Waals surface area contributed by atoms with Crippen LogP contribution in [0.1, 0.15) is 19.3 Å². The van der Waals surface area contributed by atoms with Gasteiger partial charge < -0.3 is 14.4 Å². The number of rotatable bonds is 7. The molecule has 184 valence electrons. The lowest BCUT2D eigenvalue weighted by Crippen LogP contribution is -2.51. The summed E-state index contributed by atoms with van der Waals surface area (Å²) in [6.45, 7) is 2.85. The smallest absolute Gasteiger partial charge is 0.243 e. The Morgan fingerprint density at radius 2 is 1.71 bits per heavy atom. The third-order valence-corrected chi connectivity index (χ3v) is 8.54. The van der Waals surface area contributed by atoms with Crippen LogP contribution in [-0.4, -0.2) is 69.5 Å². The van der Waals surface area contributed by atoms with Gasteiger partial charge in [0.1, 0.15) is 5.75 Å². The molecular formula is C24H28Cl2N2O5S. The summed E-state index contributed by atoms with van der Waals surface area (Å²) in [6, 6.07) is 13.7. The number of morpholine rings is 1. The molecule has 0 aliphatic carbocycles. The summed E-state index contributed by atoms with van der Waals surface area (Å²) in [5, 5.41) is 0.508. The average molecular weight is 527 g/mol. The Morgan fingerprint density at radius 1 is 1.03 bits per heavy atom.